The minimum absolute atomic E-state index is 0.283. The minimum Gasteiger partial charge on any atom is -0.314 e. The van der Waals surface area contributed by atoms with Crippen LogP contribution < -0.4 is 10.0 Å². The number of nitrogens with one attached hydrogen (secondary N) is 2. The van der Waals surface area contributed by atoms with Gasteiger partial charge in [-0.05, 0) is 62.8 Å². The van der Waals surface area contributed by atoms with Gasteiger partial charge >= 0.3 is 0 Å². The molecule has 2 N–H and O–H groups in total. The molecule has 4 nitrogen and oxygen atoms in total. The summed E-state index contributed by atoms with van der Waals surface area (Å²) in [4.78, 5) is 0. The van der Waals surface area contributed by atoms with Crippen LogP contribution in [0.15, 0.2) is 0 Å². The highest BCUT2D eigenvalue weighted by atomic mass is 32.2. The maximum Gasteiger partial charge on any atom is 0.211 e. The Morgan fingerprint density at radius 2 is 1.95 bits per heavy atom. The van der Waals surface area contributed by atoms with Crippen molar-refractivity contribution in [3.05, 3.63) is 0 Å². The van der Waals surface area contributed by atoms with Crippen LogP contribution in [0.25, 0.3) is 0 Å². The fraction of sp³-hybridized carbons (Fsp3) is 1.00. The predicted octanol–water partition coefficient (Wildman–Crippen LogP) is 1.63. The Balaban J connectivity index is 1.41. The van der Waals surface area contributed by atoms with E-state index in [0.717, 1.165) is 25.3 Å². The van der Waals surface area contributed by atoms with Crippen LogP contribution in [0.4, 0.5) is 0 Å². The van der Waals surface area contributed by atoms with Crippen molar-refractivity contribution < 1.29 is 8.42 Å². The molecule has 3 aliphatic rings. The molecular formula is C14H26N2O2S. The Morgan fingerprint density at radius 3 is 2.53 bits per heavy atom. The summed E-state index contributed by atoms with van der Waals surface area (Å²) in [6, 6.07) is 0.406. The monoisotopic (exact) mass is 286 g/mol. The fourth-order valence-electron chi connectivity index (χ4n) is 3.38. The summed E-state index contributed by atoms with van der Waals surface area (Å²) in [5.41, 5.74) is 0.357. The van der Waals surface area contributed by atoms with Crippen molar-refractivity contribution in [3.8, 4) is 0 Å². The molecule has 2 aliphatic carbocycles. The summed E-state index contributed by atoms with van der Waals surface area (Å²) in [5.74, 6) is 1.10. The van der Waals surface area contributed by atoms with Crippen LogP contribution in [0.3, 0.4) is 0 Å². The van der Waals surface area contributed by atoms with E-state index in [2.05, 4.69) is 10.0 Å². The topological polar surface area (TPSA) is 58.2 Å². The molecule has 5 heteroatoms. The van der Waals surface area contributed by atoms with E-state index >= 15 is 0 Å². The molecule has 1 atom stereocenters. The van der Waals surface area contributed by atoms with E-state index in [4.69, 9.17) is 0 Å². The number of piperidine rings is 1. The summed E-state index contributed by atoms with van der Waals surface area (Å²) in [7, 11) is -3.07. The first-order chi connectivity index (χ1) is 9.10. The van der Waals surface area contributed by atoms with Gasteiger partial charge in [0.15, 0.2) is 0 Å². The highest BCUT2D eigenvalue weighted by Gasteiger charge is 2.53. The quantitative estimate of drug-likeness (QED) is 0.748. The summed E-state index contributed by atoms with van der Waals surface area (Å²) < 4.78 is 27.0. The first-order valence-electron chi connectivity index (χ1n) is 7.80. The Labute approximate surface area is 116 Å². The van der Waals surface area contributed by atoms with E-state index in [1.807, 2.05) is 0 Å². The van der Waals surface area contributed by atoms with Gasteiger partial charge in [0.1, 0.15) is 0 Å². The molecule has 3 rings (SSSR count). The fourth-order valence-corrected chi connectivity index (χ4v) is 4.63. The standard InChI is InChI=1S/C14H26N2O2S/c17-19(18,10-6-13-3-1-2-9-15-13)16-11-14(7-8-14)12-4-5-12/h12-13,15-16H,1-11H2. The van der Waals surface area contributed by atoms with E-state index in [0.29, 0.717) is 18.0 Å². The van der Waals surface area contributed by atoms with Crippen LogP contribution in [0.1, 0.15) is 51.4 Å². The number of hydrogen-bond donors (Lipinski definition) is 2. The van der Waals surface area contributed by atoms with E-state index < -0.39 is 10.0 Å². The summed E-state index contributed by atoms with van der Waals surface area (Å²) in [6.45, 7) is 1.74. The van der Waals surface area contributed by atoms with Crippen LogP contribution in [0.5, 0.6) is 0 Å². The number of rotatable bonds is 7. The first kappa shape index (κ1) is 13.8. The third-order valence-electron chi connectivity index (χ3n) is 5.13. The second kappa shape index (κ2) is 5.34. The van der Waals surface area contributed by atoms with Crippen molar-refractivity contribution in [3.63, 3.8) is 0 Å². The third-order valence-corrected chi connectivity index (χ3v) is 6.48. The molecule has 1 unspecified atom stereocenters. The number of hydrogen-bond acceptors (Lipinski definition) is 3. The molecule has 1 saturated heterocycles. The summed E-state index contributed by atoms with van der Waals surface area (Å²) in [6.07, 6.45) is 9.42. The summed E-state index contributed by atoms with van der Waals surface area (Å²) >= 11 is 0. The lowest BCUT2D eigenvalue weighted by atomic mass is 10.0. The molecule has 110 valence electrons. The Kier molecular flexibility index (Phi) is 3.89. The van der Waals surface area contributed by atoms with Crippen molar-refractivity contribution in [1.29, 1.82) is 0 Å². The van der Waals surface area contributed by atoms with Gasteiger partial charge in [-0.15, -0.1) is 0 Å². The van der Waals surface area contributed by atoms with Crippen molar-refractivity contribution >= 4 is 10.0 Å². The maximum atomic E-state index is 12.1. The van der Waals surface area contributed by atoms with E-state index in [-0.39, 0.29) is 5.75 Å². The first-order valence-corrected chi connectivity index (χ1v) is 9.46. The van der Waals surface area contributed by atoms with Gasteiger partial charge in [-0.2, -0.15) is 0 Å². The van der Waals surface area contributed by atoms with Gasteiger partial charge in [0, 0.05) is 12.6 Å². The molecule has 0 amide bonds. The van der Waals surface area contributed by atoms with Gasteiger partial charge in [0.05, 0.1) is 5.75 Å². The van der Waals surface area contributed by atoms with Gasteiger partial charge in [-0.1, -0.05) is 6.42 Å². The Morgan fingerprint density at radius 1 is 1.16 bits per heavy atom. The molecule has 19 heavy (non-hydrogen) atoms. The highest BCUT2D eigenvalue weighted by molar-refractivity contribution is 7.89. The average Bonchev–Trinajstić information content (AvgIpc) is 3.28. The van der Waals surface area contributed by atoms with Gasteiger partial charge in [-0.3, -0.25) is 0 Å². The van der Waals surface area contributed by atoms with Gasteiger partial charge in [0.25, 0.3) is 0 Å². The molecular weight excluding hydrogens is 260 g/mol. The van der Waals surface area contributed by atoms with Crippen molar-refractivity contribution in [2.75, 3.05) is 18.8 Å². The molecule has 1 aliphatic heterocycles. The van der Waals surface area contributed by atoms with E-state index in [1.165, 1.54) is 38.5 Å². The molecule has 0 bridgehead atoms. The molecule has 2 saturated carbocycles. The second-order valence-corrected chi connectivity index (χ2v) is 8.64. The molecule has 0 radical (unpaired) electrons. The lowest BCUT2D eigenvalue weighted by Crippen LogP contribution is -2.38. The molecule has 0 aromatic rings. The van der Waals surface area contributed by atoms with Gasteiger partial charge in [0.2, 0.25) is 10.0 Å². The smallest absolute Gasteiger partial charge is 0.211 e. The Hall–Kier alpha value is -0.130. The SMILES string of the molecule is O=S(=O)(CCC1CCCCN1)NCC1(C2CC2)CC1. The van der Waals surface area contributed by atoms with Crippen LogP contribution in [-0.4, -0.2) is 33.3 Å². The lowest BCUT2D eigenvalue weighted by Gasteiger charge is -2.23. The van der Waals surface area contributed by atoms with Crippen molar-refractivity contribution in [1.82, 2.24) is 10.0 Å². The zero-order chi connectivity index (χ0) is 13.3. The lowest BCUT2D eigenvalue weighted by molar-refractivity contribution is 0.391. The average molecular weight is 286 g/mol. The predicted molar refractivity (Wildman–Crippen MR) is 76.4 cm³/mol. The second-order valence-electron chi connectivity index (χ2n) is 6.71. The zero-order valence-corrected chi connectivity index (χ0v) is 12.5. The van der Waals surface area contributed by atoms with Crippen LogP contribution in [0, 0.1) is 11.3 Å². The number of sulfonamides is 1. The van der Waals surface area contributed by atoms with Gasteiger partial charge < -0.3 is 5.32 Å². The van der Waals surface area contributed by atoms with Crippen LogP contribution >= 0.6 is 0 Å². The normalized spacial score (nSPS) is 30.2. The van der Waals surface area contributed by atoms with Crippen LogP contribution in [-0.2, 0) is 10.0 Å². The minimum atomic E-state index is -3.07. The van der Waals surface area contributed by atoms with Gasteiger partial charge in [-0.25, -0.2) is 13.1 Å². The summed E-state index contributed by atoms with van der Waals surface area (Å²) in [5, 5.41) is 3.41. The molecule has 0 spiro atoms. The van der Waals surface area contributed by atoms with Crippen molar-refractivity contribution in [2.45, 2.75) is 57.4 Å². The third kappa shape index (κ3) is 3.70. The maximum absolute atomic E-state index is 12.1. The molecule has 0 aromatic heterocycles. The largest absolute Gasteiger partial charge is 0.314 e. The van der Waals surface area contributed by atoms with Crippen molar-refractivity contribution in [2.24, 2.45) is 11.3 Å². The zero-order valence-electron chi connectivity index (χ0n) is 11.7. The van der Waals surface area contributed by atoms with E-state index in [1.54, 1.807) is 0 Å². The highest BCUT2D eigenvalue weighted by Crippen LogP contribution is 2.60. The Bertz CT molecular complexity index is 407. The molecule has 3 fully saturated rings. The van der Waals surface area contributed by atoms with E-state index in [9.17, 15) is 8.42 Å². The molecule has 0 aromatic carbocycles. The van der Waals surface area contributed by atoms with Crippen LogP contribution in [0.2, 0.25) is 0 Å². The molecule has 1 heterocycles.